The first-order valence-corrected chi connectivity index (χ1v) is 10.9. The number of fused-ring (bicyclic) bond motifs is 3. The first-order valence-electron chi connectivity index (χ1n) is 10.9. The predicted octanol–water partition coefficient (Wildman–Crippen LogP) is 5.53. The summed E-state index contributed by atoms with van der Waals surface area (Å²) in [6.07, 6.45) is 2.03. The van der Waals surface area contributed by atoms with E-state index in [4.69, 9.17) is 14.2 Å². The highest BCUT2D eigenvalue weighted by atomic mass is 16.5. The largest absolute Gasteiger partial charge is 0.496 e. The van der Waals surface area contributed by atoms with Gasteiger partial charge in [-0.15, -0.1) is 0 Å². The first kappa shape index (κ1) is 21.0. The van der Waals surface area contributed by atoms with Crippen molar-refractivity contribution >= 4 is 33.7 Å². The van der Waals surface area contributed by atoms with Crippen LogP contribution in [0.2, 0.25) is 0 Å². The van der Waals surface area contributed by atoms with Gasteiger partial charge in [-0.2, -0.15) is 0 Å². The van der Waals surface area contributed by atoms with E-state index in [9.17, 15) is 0 Å². The lowest BCUT2D eigenvalue weighted by Crippen LogP contribution is -2.07. The zero-order valence-corrected chi connectivity index (χ0v) is 19.9. The third kappa shape index (κ3) is 3.40. The SMILES string of the molecule is COc1cc2c(cc1-c1c(C)noc1C)[nH]c1nc(C)nc(Nc3nc(C)cn3C(C)C)c12. The number of methoxy groups -OCH3 is 1. The Bertz CT molecular complexity index is 1490. The molecule has 0 aliphatic rings. The molecule has 0 unspecified atom stereocenters. The minimum Gasteiger partial charge on any atom is -0.496 e. The molecule has 5 rings (SSSR count). The molecule has 0 saturated carbocycles. The van der Waals surface area contributed by atoms with Crippen molar-refractivity contribution < 1.29 is 9.26 Å². The number of rotatable bonds is 5. The van der Waals surface area contributed by atoms with E-state index >= 15 is 0 Å². The van der Waals surface area contributed by atoms with Gasteiger partial charge in [-0.05, 0) is 53.7 Å². The van der Waals surface area contributed by atoms with Crippen molar-refractivity contribution in [1.29, 1.82) is 0 Å². The molecule has 0 spiro atoms. The molecule has 2 N–H and O–H groups in total. The Morgan fingerprint density at radius 2 is 1.88 bits per heavy atom. The summed E-state index contributed by atoms with van der Waals surface area (Å²) < 4.78 is 13.3. The van der Waals surface area contributed by atoms with Crippen LogP contribution in [0.25, 0.3) is 33.1 Å². The number of hydrogen-bond donors (Lipinski definition) is 2. The highest BCUT2D eigenvalue weighted by Gasteiger charge is 2.21. The summed E-state index contributed by atoms with van der Waals surface area (Å²) in [5, 5.41) is 9.40. The highest BCUT2D eigenvalue weighted by Crippen LogP contribution is 2.41. The van der Waals surface area contributed by atoms with Crippen LogP contribution < -0.4 is 10.1 Å². The molecular weight excluding hydrogens is 418 g/mol. The number of hydrogen-bond acceptors (Lipinski definition) is 7. The van der Waals surface area contributed by atoms with Crippen molar-refractivity contribution in [2.24, 2.45) is 0 Å². The van der Waals surface area contributed by atoms with Crippen LogP contribution in [-0.2, 0) is 0 Å². The number of aromatic nitrogens is 6. The van der Waals surface area contributed by atoms with E-state index in [1.807, 2.05) is 40.0 Å². The van der Waals surface area contributed by atoms with Gasteiger partial charge in [0.15, 0.2) is 0 Å². The summed E-state index contributed by atoms with van der Waals surface area (Å²) >= 11 is 0. The zero-order valence-electron chi connectivity index (χ0n) is 19.9. The number of aryl methyl sites for hydroxylation is 4. The third-order valence-corrected chi connectivity index (χ3v) is 5.82. The average molecular weight is 446 g/mol. The Balaban J connectivity index is 1.75. The van der Waals surface area contributed by atoms with Crippen LogP contribution in [0.4, 0.5) is 11.8 Å². The molecule has 0 fully saturated rings. The Hall–Kier alpha value is -3.88. The molecule has 0 saturated heterocycles. The number of ether oxygens (including phenoxy) is 1. The Morgan fingerprint density at radius 1 is 1.09 bits per heavy atom. The van der Waals surface area contributed by atoms with Gasteiger partial charge in [0.25, 0.3) is 0 Å². The van der Waals surface area contributed by atoms with Crippen LogP contribution in [0.15, 0.2) is 22.9 Å². The van der Waals surface area contributed by atoms with Crippen molar-refractivity contribution in [2.45, 2.75) is 47.6 Å². The minimum atomic E-state index is 0.257. The summed E-state index contributed by atoms with van der Waals surface area (Å²) in [4.78, 5) is 17.5. The zero-order chi connectivity index (χ0) is 23.4. The lowest BCUT2D eigenvalue weighted by atomic mass is 10.0. The second kappa shape index (κ2) is 7.61. The predicted molar refractivity (Wildman–Crippen MR) is 128 cm³/mol. The number of H-pyrrole nitrogens is 1. The van der Waals surface area contributed by atoms with E-state index in [0.29, 0.717) is 11.6 Å². The van der Waals surface area contributed by atoms with Crippen molar-refractivity contribution in [1.82, 2.24) is 29.7 Å². The monoisotopic (exact) mass is 445 g/mol. The van der Waals surface area contributed by atoms with Gasteiger partial charge in [-0.3, -0.25) is 0 Å². The number of anilines is 2. The number of nitrogens with one attached hydrogen (secondary N) is 2. The lowest BCUT2D eigenvalue weighted by Gasteiger charge is -2.13. The van der Waals surface area contributed by atoms with Crippen LogP contribution in [0.3, 0.4) is 0 Å². The maximum absolute atomic E-state index is 5.78. The number of benzene rings is 1. The maximum Gasteiger partial charge on any atom is 0.209 e. The van der Waals surface area contributed by atoms with E-state index in [1.54, 1.807) is 7.11 Å². The number of aromatic amines is 1. The minimum absolute atomic E-state index is 0.257. The van der Waals surface area contributed by atoms with Gasteiger partial charge in [0.2, 0.25) is 5.95 Å². The highest BCUT2D eigenvalue weighted by molar-refractivity contribution is 6.13. The van der Waals surface area contributed by atoms with E-state index < -0.39 is 0 Å². The summed E-state index contributed by atoms with van der Waals surface area (Å²) in [5.41, 5.74) is 5.28. The van der Waals surface area contributed by atoms with E-state index in [1.165, 1.54) is 0 Å². The number of imidazole rings is 1. The van der Waals surface area contributed by atoms with Crippen molar-refractivity contribution in [3.63, 3.8) is 0 Å². The molecule has 0 bridgehead atoms. The van der Waals surface area contributed by atoms with Gasteiger partial charge in [0.05, 0.1) is 29.4 Å². The van der Waals surface area contributed by atoms with Gasteiger partial charge in [0, 0.05) is 28.7 Å². The van der Waals surface area contributed by atoms with Crippen LogP contribution in [0.5, 0.6) is 5.75 Å². The lowest BCUT2D eigenvalue weighted by molar-refractivity contribution is 0.393. The second-order valence-corrected chi connectivity index (χ2v) is 8.60. The summed E-state index contributed by atoms with van der Waals surface area (Å²) in [5.74, 6) is 3.58. The maximum atomic E-state index is 5.78. The van der Waals surface area contributed by atoms with Crippen LogP contribution >= 0.6 is 0 Å². The molecule has 0 radical (unpaired) electrons. The molecule has 1 aromatic carbocycles. The van der Waals surface area contributed by atoms with Gasteiger partial charge < -0.3 is 24.1 Å². The van der Waals surface area contributed by atoms with Gasteiger partial charge in [-0.25, -0.2) is 15.0 Å². The molecule has 0 aliphatic carbocycles. The van der Waals surface area contributed by atoms with Gasteiger partial charge in [-0.1, -0.05) is 5.16 Å². The van der Waals surface area contributed by atoms with Crippen molar-refractivity contribution in [3.8, 4) is 16.9 Å². The molecule has 9 nitrogen and oxygen atoms in total. The summed E-state index contributed by atoms with van der Waals surface area (Å²) in [7, 11) is 1.67. The van der Waals surface area contributed by atoms with E-state index in [2.05, 4.69) is 49.9 Å². The quantitative estimate of drug-likeness (QED) is 0.366. The topological polar surface area (TPSA) is 107 Å². The standard InChI is InChI=1S/C24H27N7O2/c1-11(2)31-10-12(3)25-24(31)29-23-21-16-9-19(32-7)17(20-13(4)30-33-14(20)5)8-18(16)28-22(21)26-15(6)27-23/h8-11H,1-7H3,(H2,25,26,27,28,29). The molecule has 0 atom stereocenters. The fourth-order valence-corrected chi connectivity index (χ4v) is 4.37. The molecule has 4 aromatic heterocycles. The molecule has 0 amide bonds. The fraction of sp³-hybridized carbons (Fsp3) is 0.333. The molecule has 170 valence electrons. The summed E-state index contributed by atoms with van der Waals surface area (Å²) in [6, 6.07) is 4.33. The second-order valence-electron chi connectivity index (χ2n) is 8.60. The van der Waals surface area contributed by atoms with E-state index in [-0.39, 0.29) is 6.04 Å². The molecule has 33 heavy (non-hydrogen) atoms. The van der Waals surface area contributed by atoms with Crippen LogP contribution in [0.1, 0.15) is 42.9 Å². The molecule has 9 heteroatoms. The number of nitrogens with zero attached hydrogens (tertiary/aromatic N) is 5. The Morgan fingerprint density at radius 3 is 2.55 bits per heavy atom. The molecule has 0 aliphatic heterocycles. The molecular formula is C24H27N7O2. The normalized spacial score (nSPS) is 11.8. The van der Waals surface area contributed by atoms with E-state index in [0.717, 1.165) is 61.9 Å². The van der Waals surface area contributed by atoms with Crippen LogP contribution in [0, 0.1) is 27.7 Å². The van der Waals surface area contributed by atoms with Crippen LogP contribution in [-0.4, -0.2) is 36.8 Å². The van der Waals surface area contributed by atoms with Crippen molar-refractivity contribution in [3.05, 3.63) is 41.3 Å². The first-order chi connectivity index (χ1) is 15.8. The third-order valence-electron chi connectivity index (χ3n) is 5.82. The Kier molecular flexibility index (Phi) is 4.84. The average Bonchev–Trinajstić information content (AvgIpc) is 3.40. The van der Waals surface area contributed by atoms with Crippen molar-refractivity contribution in [2.75, 3.05) is 12.4 Å². The van der Waals surface area contributed by atoms with Gasteiger partial charge >= 0.3 is 0 Å². The van der Waals surface area contributed by atoms with Gasteiger partial charge in [0.1, 0.15) is 28.8 Å². The molecule has 4 heterocycles. The molecule has 5 aromatic rings. The summed E-state index contributed by atoms with van der Waals surface area (Å²) in [6.45, 7) is 11.9. The smallest absolute Gasteiger partial charge is 0.209 e. The Labute approximate surface area is 191 Å². The fourth-order valence-electron chi connectivity index (χ4n) is 4.37.